The van der Waals surface area contributed by atoms with Crippen molar-refractivity contribution in [1.82, 2.24) is 9.78 Å². The third-order valence-corrected chi connectivity index (χ3v) is 1.74. The quantitative estimate of drug-likeness (QED) is 0.681. The second kappa shape index (κ2) is 2.62. The summed E-state index contributed by atoms with van der Waals surface area (Å²) in [6, 6.07) is 1.63. The fourth-order valence-electron chi connectivity index (χ4n) is 0.990. The summed E-state index contributed by atoms with van der Waals surface area (Å²) < 4.78 is 15.0. The SMILES string of the molecule is Cn1nccc1C(C)(F)CN. The van der Waals surface area contributed by atoms with Crippen molar-refractivity contribution in [2.24, 2.45) is 12.8 Å². The van der Waals surface area contributed by atoms with Gasteiger partial charge in [0.15, 0.2) is 5.67 Å². The van der Waals surface area contributed by atoms with E-state index in [4.69, 9.17) is 5.73 Å². The minimum atomic E-state index is -1.47. The average Bonchev–Trinajstić information content (AvgIpc) is 2.36. The summed E-state index contributed by atoms with van der Waals surface area (Å²) in [7, 11) is 1.70. The largest absolute Gasteiger partial charge is 0.327 e. The fraction of sp³-hybridized carbons (Fsp3) is 0.571. The molecule has 11 heavy (non-hydrogen) atoms. The van der Waals surface area contributed by atoms with Crippen LogP contribution in [0.3, 0.4) is 0 Å². The Labute approximate surface area is 65.0 Å². The molecule has 0 aliphatic carbocycles. The van der Waals surface area contributed by atoms with Crippen LogP contribution in [0, 0.1) is 0 Å². The smallest absolute Gasteiger partial charge is 0.161 e. The van der Waals surface area contributed by atoms with Crippen LogP contribution in [0.2, 0.25) is 0 Å². The van der Waals surface area contributed by atoms with Crippen LogP contribution in [0.25, 0.3) is 0 Å². The Morgan fingerprint density at radius 1 is 1.82 bits per heavy atom. The zero-order valence-corrected chi connectivity index (χ0v) is 6.71. The first-order valence-corrected chi connectivity index (χ1v) is 3.45. The Bertz CT molecular complexity index is 242. The van der Waals surface area contributed by atoms with Crippen molar-refractivity contribution in [3.8, 4) is 0 Å². The number of aryl methyl sites for hydroxylation is 1. The standard InChI is InChI=1S/C7H12FN3/c1-7(8,5-9)6-3-4-10-11(6)2/h3-4H,5,9H2,1-2H3. The first kappa shape index (κ1) is 8.20. The number of aromatic nitrogens is 2. The van der Waals surface area contributed by atoms with Crippen molar-refractivity contribution in [3.05, 3.63) is 18.0 Å². The zero-order chi connectivity index (χ0) is 8.48. The number of hydrogen-bond acceptors (Lipinski definition) is 2. The van der Waals surface area contributed by atoms with E-state index in [1.807, 2.05) is 0 Å². The normalized spacial score (nSPS) is 16.4. The minimum absolute atomic E-state index is 0.0213. The van der Waals surface area contributed by atoms with E-state index in [1.54, 1.807) is 19.3 Å². The Morgan fingerprint density at radius 3 is 2.82 bits per heavy atom. The van der Waals surface area contributed by atoms with Gasteiger partial charge in [-0.1, -0.05) is 0 Å². The molecule has 0 saturated carbocycles. The molecule has 0 spiro atoms. The van der Waals surface area contributed by atoms with Crippen molar-refractivity contribution in [1.29, 1.82) is 0 Å². The van der Waals surface area contributed by atoms with Crippen molar-refractivity contribution in [2.45, 2.75) is 12.6 Å². The summed E-state index contributed by atoms with van der Waals surface area (Å²) in [6.45, 7) is 1.43. The second-order valence-electron chi connectivity index (χ2n) is 2.74. The van der Waals surface area contributed by atoms with Gasteiger partial charge in [-0.25, -0.2) is 4.39 Å². The van der Waals surface area contributed by atoms with Crippen molar-refractivity contribution in [2.75, 3.05) is 6.54 Å². The van der Waals surface area contributed by atoms with E-state index in [2.05, 4.69) is 5.10 Å². The van der Waals surface area contributed by atoms with Gasteiger partial charge in [0.2, 0.25) is 0 Å². The third kappa shape index (κ3) is 1.40. The van der Waals surface area contributed by atoms with E-state index in [0.717, 1.165) is 0 Å². The zero-order valence-electron chi connectivity index (χ0n) is 6.71. The maximum atomic E-state index is 13.5. The lowest BCUT2D eigenvalue weighted by atomic mass is 10.1. The molecule has 1 unspecified atom stereocenters. The van der Waals surface area contributed by atoms with Crippen LogP contribution >= 0.6 is 0 Å². The molecule has 4 heteroatoms. The number of rotatable bonds is 2. The van der Waals surface area contributed by atoms with Gasteiger partial charge in [-0.3, -0.25) is 4.68 Å². The average molecular weight is 157 g/mol. The minimum Gasteiger partial charge on any atom is -0.327 e. The van der Waals surface area contributed by atoms with E-state index in [1.165, 1.54) is 11.6 Å². The molecule has 0 amide bonds. The van der Waals surface area contributed by atoms with Gasteiger partial charge in [0.1, 0.15) is 0 Å². The Balaban J connectivity index is 3.00. The van der Waals surface area contributed by atoms with E-state index >= 15 is 0 Å². The van der Waals surface area contributed by atoms with Crippen LogP contribution in [0.1, 0.15) is 12.6 Å². The Hall–Kier alpha value is -0.900. The van der Waals surface area contributed by atoms with E-state index < -0.39 is 5.67 Å². The molecule has 0 aliphatic heterocycles. The summed E-state index contributed by atoms with van der Waals surface area (Å²) in [5.74, 6) is 0. The molecule has 3 nitrogen and oxygen atoms in total. The van der Waals surface area contributed by atoms with Gasteiger partial charge in [-0.15, -0.1) is 0 Å². The van der Waals surface area contributed by atoms with Crippen molar-refractivity contribution in [3.63, 3.8) is 0 Å². The molecular formula is C7H12FN3. The monoisotopic (exact) mass is 157 g/mol. The first-order valence-electron chi connectivity index (χ1n) is 3.45. The molecule has 0 radical (unpaired) electrons. The maximum absolute atomic E-state index is 13.5. The van der Waals surface area contributed by atoms with Gasteiger partial charge < -0.3 is 5.73 Å². The Morgan fingerprint density at radius 2 is 2.45 bits per heavy atom. The highest BCUT2D eigenvalue weighted by molar-refractivity contribution is 5.10. The van der Waals surface area contributed by atoms with Gasteiger partial charge >= 0.3 is 0 Å². The summed E-state index contributed by atoms with van der Waals surface area (Å²) in [5.41, 5.74) is 4.30. The van der Waals surface area contributed by atoms with Crippen LogP contribution in [-0.2, 0) is 12.7 Å². The van der Waals surface area contributed by atoms with Crippen LogP contribution < -0.4 is 5.73 Å². The Kier molecular flexibility index (Phi) is 1.95. The number of nitrogens with zero attached hydrogens (tertiary/aromatic N) is 2. The third-order valence-electron chi connectivity index (χ3n) is 1.74. The van der Waals surface area contributed by atoms with Crippen molar-refractivity contribution < 1.29 is 4.39 Å². The lowest BCUT2D eigenvalue weighted by Crippen LogP contribution is -2.29. The lowest BCUT2D eigenvalue weighted by Gasteiger charge is -2.17. The summed E-state index contributed by atoms with van der Waals surface area (Å²) >= 11 is 0. The molecule has 1 heterocycles. The van der Waals surface area contributed by atoms with Crippen molar-refractivity contribution >= 4 is 0 Å². The first-order chi connectivity index (χ1) is 5.08. The molecule has 0 fully saturated rings. The van der Waals surface area contributed by atoms with Crippen LogP contribution in [0.4, 0.5) is 4.39 Å². The number of hydrogen-bond donors (Lipinski definition) is 1. The highest BCUT2D eigenvalue weighted by Gasteiger charge is 2.26. The topological polar surface area (TPSA) is 43.8 Å². The molecule has 0 saturated heterocycles. The molecule has 0 bridgehead atoms. The van der Waals surface area contributed by atoms with Crippen LogP contribution in [0.5, 0.6) is 0 Å². The molecule has 1 aromatic heterocycles. The summed E-state index contributed by atoms with van der Waals surface area (Å²) in [5, 5.41) is 3.85. The van der Waals surface area contributed by atoms with Gasteiger partial charge in [0.05, 0.1) is 5.69 Å². The van der Waals surface area contributed by atoms with Gasteiger partial charge in [-0.05, 0) is 13.0 Å². The summed E-state index contributed by atoms with van der Waals surface area (Å²) in [4.78, 5) is 0. The van der Waals surface area contributed by atoms with Crippen LogP contribution in [-0.4, -0.2) is 16.3 Å². The highest BCUT2D eigenvalue weighted by Crippen LogP contribution is 2.22. The molecule has 0 aliphatic rings. The lowest BCUT2D eigenvalue weighted by molar-refractivity contribution is 0.189. The number of alkyl halides is 1. The second-order valence-corrected chi connectivity index (χ2v) is 2.74. The van der Waals surface area contributed by atoms with E-state index in [0.29, 0.717) is 5.69 Å². The molecule has 62 valence electrons. The number of halogens is 1. The molecule has 0 aromatic carbocycles. The van der Waals surface area contributed by atoms with Gasteiger partial charge in [0.25, 0.3) is 0 Å². The molecular weight excluding hydrogens is 145 g/mol. The van der Waals surface area contributed by atoms with E-state index in [-0.39, 0.29) is 6.54 Å². The molecule has 1 rings (SSSR count). The molecule has 2 N–H and O–H groups in total. The highest BCUT2D eigenvalue weighted by atomic mass is 19.1. The van der Waals surface area contributed by atoms with Crippen LogP contribution in [0.15, 0.2) is 12.3 Å². The number of nitrogens with two attached hydrogens (primary N) is 1. The predicted octanol–water partition coefficient (Wildman–Crippen LogP) is 0.564. The van der Waals surface area contributed by atoms with Gasteiger partial charge in [-0.2, -0.15) is 5.10 Å². The predicted molar refractivity (Wildman–Crippen MR) is 40.7 cm³/mol. The van der Waals surface area contributed by atoms with E-state index in [9.17, 15) is 4.39 Å². The van der Waals surface area contributed by atoms with Gasteiger partial charge in [0, 0.05) is 19.8 Å². The molecule has 1 aromatic rings. The summed E-state index contributed by atoms with van der Waals surface area (Å²) in [6.07, 6.45) is 1.56. The molecule has 1 atom stereocenters. The maximum Gasteiger partial charge on any atom is 0.161 e. The fourth-order valence-corrected chi connectivity index (χ4v) is 0.990.